The highest BCUT2D eigenvalue weighted by atomic mass is 19.4. The topological polar surface area (TPSA) is 123 Å². The Bertz CT molecular complexity index is 2220. The van der Waals surface area contributed by atoms with Crippen molar-refractivity contribution in [3.63, 3.8) is 0 Å². The maximum absolute atomic E-state index is 14.9. The average molecular weight is 911 g/mol. The molecule has 4 aromatic carbocycles. The molecule has 1 heterocycles. The Morgan fingerprint density at radius 3 is 2.27 bits per heavy atom. The Labute approximate surface area is 389 Å². The molecule has 0 spiro atoms. The van der Waals surface area contributed by atoms with Gasteiger partial charge in [0.25, 0.3) is 0 Å². The van der Waals surface area contributed by atoms with Crippen LogP contribution in [0.3, 0.4) is 0 Å². The minimum Gasteiger partial charge on any atom is -0.493 e. The zero-order valence-corrected chi connectivity index (χ0v) is 39.4. The molecule has 1 aliphatic rings. The van der Waals surface area contributed by atoms with Crippen molar-refractivity contribution < 1.29 is 37.0 Å². The number of nitrogens with two attached hydrogens (primary N) is 1. The molecule has 0 aromatic heterocycles. The van der Waals surface area contributed by atoms with E-state index < -0.39 is 29.4 Å². The van der Waals surface area contributed by atoms with Crippen molar-refractivity contribution in [2.75, 3.05) is 26.2 Å². The first-order valence-corrected chi connectivity index (χ1v) is 23.5. The number of piperidine rings is 1. The molecule has 4 N–H and O–H groups in total. The zero-order chi connectivity index (χ0) is 47.7. The molecule has 5 rings (SSSR count). The summed E-state index contributed by atoms with van der Waals surface area (Å²) in [6, 6.07) is 25.3. The van der Waals surface area contributed by atoms with Crippen LogP contribution in [0.2, 0.25) is 0 Å². The van der Waals surface area contributed by atoms with Gasteiger partial charge in [-0.15, -0.1) is 0 Å². The molecular formula is C54H69F3N4O5. The second kappa shape index (κ2) is 24.9. The number of hydrogen-bond acceptors (Lipinski definition) is 7. The molecule has 0 bridgehead atoms. The summed E-state index contributed by atoms with van der Waals surface area (Å²) in [4.78, 5) is 40.3. The molecule has 0 radical (unpaired) electrons. The van der Waals surface area contributed by atoms with Gasteiger partial charge in [-0.05, 0) is 144 Å². The zero-order valence-electron chi connectivity index (χ0n) is 39.4. The molecule has 356 valence electrons. The van der Waals surface area contributed by atoms with Crippen LogP contribution in [0.4, 0.5) is 13.2 Å². The number of carbonyl (C=O) groups excluding carboxylic acids is 3. The largest absolute Gasteiger partial charge is 0.493 e. The van der Waals surface area contributed by atoms with E-state index in [0.29, 0.717) is 75.9 Å². The van der Waals surface area contributed by atoms with Crippen molar-refractivity contribution in [3.8, 4) is 16.9 Å². The molecule has 2 atom stereocenters. The molecular weight excluding hydrogens is 842 g/mol. The third kappa shape index (κ3) is 16.5. The Morgan fingerprint density at radius 2 is 1.55 bits per heavy atom. The molecule has 9 nitrogen and oxygen atoms in total. The van der Waals surface area contributed by atoms with Gasteiger partial charge in [-0.3, -0.25) is 19.3 Å². The average Bonchev–Trinajstić information content (AvgIpc) is 3.27. The van der Waals surface area contributed by atoms with Crippen LogP contribution < -0.4 is 21.1 Å². The van der Waals surface area contributed by atoms with E-state index >= 15 is 0 Å². The van der Waals surface area contributed by atoms with Gasteiger partial charge in [0.2, 0.25) is 11.8 Å². The highest BCUT2D eigenvalue weighted by molar-refractivity contribution is 5.81. The summed E-state index contributed by atoms with van der Waals surface area (Å²) >= 11 is 0. The van der Waals surface area contributed by atoms with Gasteiger partial charge < -0.3 is 25.8 Å². The van der Waals surface area contributed by atoms with Gasteiger partial charge in [0.1, 0.15) is 17.4 Å². The molecule has 0 unspecified atom stereocenters. The quantitative estimate of drug-likeness (QED) is 0.0408. The Morgan fingerprint density at radius 1 is 0.833 bits per heavy atom. The van der Waals surface area contributed by atoms with Crippen LogP contribution in [-0.2, 0) is 38.3 Å². The smallest absolute Gasteiger partial charge is 0.417 e. The number of esters is 1. The summed E-state index contributed by atoms with van der Waals surface area (Å²) in [5, 5.41) is 5.84. The third-order valence-corrected chi connectivity index (χ3v) is 11.8. The summed E-state index contributed by atoms with van der Waals surface area (Å²) in [7, 11) is 0. The summed E-state index contributed by atoms with van der Waals surface area (Å²) < 4.78 is 56.8. The van der Waals surface area contributed by atoms with E-state index in [9.17, 15) is 27.6 Å². The first-order chi connectivity index (χ1) is 31.5. The number of likely N-dealkylation sites (tertiary alicyclic amines) is 1. The normalized spacial score (nSPS) is 15.1. The molecule has 1 fully saturated rings. The lowest BCUT2D eigenvalue weighted by Gasteiger charge is -2.36. The number of amides is 2. The Balaban J connectivity index is 1.19. The summed E-state index contributed by atoms with van der Waals surface area (Å²) in [5.74, 6) is -0.331. The van der Waals surface area contributed by atoms with Crippen molar-refractivity contribution in [2.45, 2.75) is 136 Å². The van der Waals surface area contributed by atoms with Gasteiger partial charge in [0.05, 0.1) is 18.2 Å². The SMILES string of the molecule is Cc1ccc(CCCC(=O)NCCCC[C@H](N)C(=O)NCCCCOc2cc(/C=C/c3cccc(-c4ccccc4)c3C)c(C(F)(F)F)cc2CN2CCCC[C@H]2C(=O)OC(C)(C)C)cc1. The van der Waals surface area contributed by atoms with Crippen LogP contribution >= 0.6 is 0 Å². The number of rotatable bonds is 22. The fourth-order valence-corrected chi connectivity index (χ4v) is 8.16. The first-order valence-electron chi connectivity index (χ1n) is 23.5. The molecule has 2 amide bonds. The van der Waals surface area contributed by atoms with E-state index in [0.717, 1.165) is 54.0 Å². The van der Waals surface area contributed by atoms with Crippen molar-refractivity contribution in [1.82, 2.24) is 15.5 Å². The van der Waals surface area contributed by atoms with E-state index in [2.05, 4.69) is 41.8 Å². The fourth-order valence-electron chi connectivity index (χ4n) is 8.16. The van der Waals surface area contributed by atoms with Crippen LogP contribution in [0, 0.1) is 13.8 Å². The number of ether oxygens (including phenoxy) is 2. The number of hydrogen-bond donors (Lipinski definition) is 3. The van der Waals surface area contributed by atoms with Gasteiger partial charge in [-0.2, -0.15) is 13.2 Å². The first kappa shape index (κ1) is 51.5. The molecule has 4 aromatic rings. The summed E-state index contributed by atoms with van der Waals surface area (Å²) in [6.07, 6.45) is 5.74. The van der Waals surface area contributed by atoms with Crippen LogP contribution in [0.5, 0.6) is 5.75 Å². The number of alkyl halides is 3. The van der Waals surface area contributed by atoms with E-state index in [1.54, 1.807) is 26.8 Å². The minimum absolute atomic E-state index is 0.0183. The van der Waals surface area contributed by atoms with Crippen LogP contribution in [0.25, 0.3) is 23.3 Å². The van der Waals surface area contributed by atoms with E-state index in [-0.39, 0.29) is 36.5 Å². The molecule has 66 heavy (non-hydrogen) atoms. The van der Waals surface area contributed by atoms with Crippen LogP contribution in [0.1, 0.15) is 124 Å². The van der Waals surface area contributed by atoms with Gasteiger partial charge in [0.15, 0.2) is 0 Å². The Hall–Kier alpha value is -5.46. The van der Waals surface area contributed by atoms with Crippen molar-refractivity contribution >= 4 is 29.9 Å². The maximum atomic E-state index is 14.9. The monoisotopic (exact) mass is 911 g/mol. The highest BCUT2D eigenvalue weighted by Gasteiger charge is 2.36. The maximum Gasteiger partial charge on any atom is 0.417 e. The van der Waals surface area contributed by atoms with Gasteiger partial charge in [-0.25, -0.2) is 0 Å². The third-order valence-electron chi connectivity index (χ3n) is 11.8. The standard InChI is InChI=1S/C54H69F3N4O5/c1-38-25-27-40(28-26-38)17-15-24-50(62)59-31-11-9-22-47(58)51(63)60-32-12-14-34-65-49-36-43(30-29-41-20-16-21-45(39(41)2)42-18-7-6-8-19-42)46(54(55,56)57)35-44(49)37-61-33-13-10-23-48(61)52(64)66-53(3,4)5/h6-8,16,18-21,25-30,35-36,47-48H,9-15,17,22-24,31-34,37,58H2,1-5H3,(H,59,62)(H,60,63)/b30-29+/t47-,48-/m0/s1. The fraction of sp³-hybridized carbons (Fsp3) is 0.463. The number of unbranched alkanes of at least 4 members (excludes halogenated alkanes) is 2. The summed E-state index contributed by atoms with van der Waals surface area (Å²) in [5.41, 5.74) is 11.1. The predicted molar refractivity (Wildman–Crippen MR) is 258 cm³/mol. The summed E-state index contributed by atoms with van der Waals surface area (Å²) in [6.45, 7) is 11.1. The van der Waals surface area contributed by atoms with E-state index in [4.69, 9.17) is 15.2 Å². The lowest BCUT2D eigenvalue weighted by Crippen LogP contribution is -2.46. The van der Waals surface area contributed by atoms with Crippen molar-refractivity contribution in [3.05, 3.63) is 124 Å². The second-order valence-corrected chi connectivity index (χ2v) is 18.4. The van der Waals surface area contributed by atoms with Gasteiger partial charge in [-0.1, -0.05) is 96.9 Å². The second-order valence-electron chi connectivity index (χ2n) is 18.4. The lowest BCUT2D eigenvalue weighted by molar-refractivity contribution is -0.163. The molecule has 1 saturated heterocycles. The van der Waals surface area contributed by atoms with Gasteiger partial charge >= 0.3 is 12.1 Å². The van der Waals surface area contributed by atoms with E-state index in [1.807, 2.05) is 60.4 Å². The number of carbonyl (C=O) groups is 3. The molecule has 0 aliphatic carbocycles. The molecule has 12 heteroatoms. The van der Waals surface area contributed by atoms with Gasteiger partial charge in [0, 0.05) is 31.6 Å². The number of halogens is 3. The molecule has 0 saturated carbocycles. The van der Waals surface area contributed by atoms with Crippen molar-refractivity contribution in [2.24, 2.45) is 5.73 Å². The van der Waals surface area contributed by atoms with E-state index in [1.165, 1.54) is 23.3 Å². The minimum atomic E-state index is -4.67. The molecule has 1 aliphatic heterocycles. The number of nitrogens with one attached hydrogen (secondary N) is 2. The van der Waals surface area contributed by atoms with Crippen LogP contribution in [0.15, 0.2) is 84.9 Å². The number of nitrogens with zero attached hydrogens (tertiary/aromatic N) is 1. The van der Waals surface area contributed by atoms with Crippen molar-refractivity contribution in [1.29, 1.82) is 0 Å². The highest BCUT2D eigenvalue weighted by Crippen LogP contribution is 2.39. The number of aryl methyl sites for hydroxylation is 2. The Kier molecular flexibility index (Phi) is 19.4. The predicted octanol–water partition coefficient (Wildman–Crippen LogP) is 10.8. The number of benzene rings is 4. The lowest BCUT2D eigenvalue weighted by atomic mass is 9.95. The van der Waals surface area contributed by atoms with Crippen LogP contribution in [-0.4, -0.2) is 66.6 Å².